The lowest BCUT2D eigenvalue weighted by atomic mass is 9.81. The molecule has 2 aliphatic rings. The van der Waals surface area contributed by atoms with Crippen LogP contribution >= 0.6 is 0 Å². The number of aromatic nitrogens is 5. The number of halogens is 4. The Labute approximate surface area is 233 Å². The summed E-state index contributed by atoms with van der Waals surface area (Å²) in [6, 6.07) is 0.509. The number of carbonyl (C=O) groups excluding carboxylic acids is 2. The Morgan fingerprint density at radius 2 is 1.78 bits per heavy atom. The number of amides is 2. The molecule has 2 N–H and O–H groups in total. The molecule has 14 heteroatoms. The van der Waals surface area contributed by atoms with Gasteiger partial charge in [0.25, 0.3) is 11.8 Å². The van der Waals surface area contributed by atoms with Crippen LogP contribution in [0.4, 0.5) is 17.6 Å². The van der Waals surface area contributed by atoms with Crippen molar-refractivity contribution in [1.82, 2.24) is 35.5 Å². The molecule has 0 aromatic carbocycles. The maximum absolute atomic E-state index is 14.0. The molecule has 0 unspecified atom stereocenters. The molecule has 3 heterocycles. The molecule has 3 aromatic rings. The number of alkyl halides is 4. The van der Waals surface area contributed by atoms with E-state index in [2.05, 4.69) is 31.0 Å². The van der Waals surface area contributed by atoms with E-state index < -0.39 is 42.2 Å². The number of imidazole rings is 1. The lowest BCUT2D eigenvalue weighted by Crippen LogP contribution is -2.37. The van der Waals surface area contributed by atoms with Crippen molar-refractivity contribution >= 4 is 17.5 Å². The highest BCUT2D eigenvalue weighted by molar-refractivity contribution is 5.93. The third-order valence-electron chi connectivity index (χ3n) is 7.71. The van der Waals surface area contributed by atoms with Crippen LogP contribution in [0.15, 0.2) is 23.1 Å². The lowest BCUT2D eigenvalue weighted by molar-refractivity contribution is -0.128. The van der Waals surface area contributed by atoms with Crippen molar-refractivity contribution in [2.45, 2.75) is 95.6 Å². The summed E-state index contributed by atoms with van der Waals surface area (Å²) in [5.74, 6) is -7.53. The number of nitrogens with one attached hydrogen (secondary N) is 2. The minimum atomic E-state index is -3.13. The molecule has 10 nitrogen and oxygen atoms in total. The summed E-state index contributed by atoms with van der Waals surface area (Å²) < 4.78 is 61.1. The predicted molar refractivity (Wildman–Crippen MR) is 137 cm³/mol. The number of rotatable bonds is 10. The van der Waals surface area contributed by atoms with Gasteiger partial charge in [-0.15, -0.1) is 0 Å². The molecule has 0 spiro atoms. The van der Waals surface area contributed by atoms with Crippen LogP contribution in [-0.2, 0) is 4.79 Å². The van der Waals surface area contributed by atoms with Crippen molar-refractivity contribution in [3.05, 3.63) is 41.1 Å². The first-order valence-electron chi connectivity index (χ1n) is 13.8. The second-order valence-electron chi connectivity index (χ2n) is 11.7. The standard InChI is InChI=1S/C27H33F4N7O3/c1-14(2)21-24(37-41-36-21)25(40)35-23(16-6-8-27(30,31)9-7-16)18-13-38-19(33-18)10-17(12-32-38)22(15-4-5-15)34-20(39)11-26(3,28)29/h10,12-16,22-23H,4-9,11H2,1-3H3,(H,34,39)(H,35,40)/t22-,23+/m1/s1. The monoisotopic (exact) mass is 579 g/mol. The van der Waals surface area contributed by atoms with Crippen LogP contribution in [0.2, 0.25) is 0 Å². The van der Waals surface area contributed by atoms with Gasteiger partial charge in [-0.3, -0.25) is 9.59 Å². The third kappa shape index (κ3) is 6.84. The first kappa shape index (κ1) is 28.9. The minimum absolute atomic E-state index is 0.0241. The Kier molecular flexibility index (Phi) is 7.77. The molecular weight excluding hydrogens is 546 g/mol. The number of nitrogens with zero attached hydrogens (tertiary/aromatic N) is 5. The summed E-state index contributed by atoms with van der Waals surface area (Å²) in [4.78, 5) is 30.2. The van der Waals surface area contributed by atoms with Crippen molar-refractivity contribution in [3.8, 4) is 0 Å². The zero-order valence-electron chi connectivity index (χ0n) is 23.0. The number of hydrogen-bond donors (Lipinski definition) is 2. The Morgan fingerprint density at radius 1 is 1.10 bits per heavy atom. The molecule has 0 radical (unpaired) electrons. The van der Waals surface area contributed by atoms with Crippen LogP contribution in [0.5, 0.6) is 0 Å². The second-order valence-corrected chi connectivity index (χ2v) is 11.7. The molecule has 2 aliphatic carbocycles. The van der Waals surface area contributed by atoms with Gasteiger partial charge in [0.1, 0.15) is 5.69 Å². The maximum Gasteiger partial charge on any atom is 0.276 e. The van der Waals surface area contributed by atoms with Gasteiger partial charge in [0.2, 0.25) is 11.8 Å². The largest absolute Gasteiger partial charge is 0.349 e. The molecule has 2 atom stereocenters. The van der Waals surface area contributed by atoms with Crippen LogP contribution in [0.25, 0.3) is 5.65 Å². The highest BCUT2D eigenvalue weighted by Gasteiger charge is 2.40. The smallest absolute Gasteiger partial charge is 0.276 e. The summed E-state index contributed by atoms with van der Waals surface area (Å²) in [5.41, 5.74) is 1.86. The van der Waals surface area contributed by atoms with Gasteiger partial charge in [0.15, 0.2) is 11.3 Å². The zero-order valence-corrected chi connectivity index (χ0v) is 23.0. The average Bonchev–Trinajstić information content (AvgIpc) is 3.43. The van der Waals surface area contributed by atoms with Gasteiger partial charge in [-0.25, -0.2) is 31.7 Å². The Hall–Kier alpha value is -3.58. The van der Waals surface area contributed by atoms with E-state index >= 15 is 0 Å². The first-order valence-corrected chi connectivity index (χ1v) is 13.8. The Bertz CT molecular complexity index is 1400. The summed E-state index contributed by atoms with van der Waals surface area (Å²) in [7, 11) is 0. The van der Waals surface area contributed by atoms with Gasteiger partial charge in [-0.2, -0.15) is 5.10 Å². The second kappa shape index (κ2) is 11.0. The van der Waals surface area contributed by atoms with Crippen molar-refractivity contribution in [3.63, 3.8) is 0 Å². The third-order valence-corrected chi connectivity index (χ3v) is 7.71. The normalized spacial score (nSPS) is 19.3. The van der Waals surface area contributed by atoms with E-state index in [1.54, 1.807) is 18.5 Å². The van der Waals surface area contributed by atoms with Gasteiger partial charge in [-0.1, -0.05) is 19.0 Å². The van der Waals surface area contributed by atoms with Crippen LogP contribution in [0.3, 0.4) is 0 Å². The molecule has 0 bridgehead atoms. The summed E-state index contributed by atoms with van der Waals surface area (Å²) in [6.45, 7) is 4.38. The number of fused-ring (bicyclic) bond motifs is 1. The van der Waals surface area contributed by atoms with Gasteiger partial charge < -0.3 is 10.6 Å². The number of hydrogen-bond acceptors (Lipinski definition) is 7. The van der Waals surface area contributed by atoms with E-state index in [1.165, 1.54) is 4.52 Å². The summed E-state index contributed by atoms with van der Waals surface area (Å²) >= 11 is 0. The van der Waals surface area contributed by atoms with E-state index in [4.69, 9.17) is 4.63 Å². The number of carbonyl (C=O) groups is 2. The van der Waals surface area contributed by atoms with E-state index in [-0.39, 0.29) is 49.1 Å². The molecule has 0 saturated heterocycles. The molecule has 5 rings (SSSR count). The minimum Gasteiger partial charge on any atom is -0.349 e. The SMILES string of the molecule is CC(C)c1nonc1C(=O)N[C@H](c1cn2ncc([C@H](NC(=O)CC(C)(F)F)C3CC3)cc2n1)C1CCC(F)(F)CC1. The van der Waals surface area contributed by atoms with Crippen LogP contribution in [0, 0.1) is 11.8 Å². The Morgan fingerprint density at radius 3 is 2.41 bits per heavy atom. The quantitative estimate of drug-likeness (QED) is 0.318. The highest BCUT2D eigenvalue weighted by atomic mass is 19.3. The molecule has 222 valence electrons. The van der Waals surface area contributed by atoms with Crippen molar-refractivity contribution in [2.75, 3.05) is 0 Å². The molecule has 2 saturated carbocycles. The van der Waals surface area contributed by atoms with Crippen LogP contribution in [-0.4, -0.2) is 48.6 Å². The van der Waals surface area contributed by atoms with Crippen molar-refractivity contribution < 1.29 is 31.8 Å². The van der Waals surface area contributed by atoms with Crippen LogP contribution in [0.1, 0.15) is 111 Å². The molecule has 41 heavy (non-hydrogen) atoms. The Balaban J connectivity index is 1.43. The fourth-order valence-electron chi connectivity index (χ4n) is 5.41. The van der Waals surface area contributed by atoms with E-state index in [0.717, 1.165) is 12.8 Å². The molecule has 2 fully saturated rings. The van der Waals surface area contributed by atoms with Crippen molar-refractivity contribution in [1.29, 1.82) is 0 Å². The van der Waals surface area contributed by atoms with Crippen molar-refractivity contribution in [2.24, 2.45) is 11.8 Å². The zero-order chi connectivity index (χ0) is 29.5. The molecular formula is C27H33F4N7O3. The predicted octanol–water partition coefficient (Wildman–Crippen LogP) is 5.14. The van der Waals surface area contributed by atoms with E-state index in [0.29, 0.717) is 29.5 Å². The summed E-state index contributed by atoms with van der Waals surface area (Å²) in [6.07, 6.45) is 3.69. The molecule has 0 aliphatic heterocycles. The fraction of sp³-hybridized carbons (Fsp3) is 0.630. The fourth-order valence-corrected chi connectivity index (χ4v) is 5.41. The molecule has 3 aromatic heterocycles. The topological polar surface area (TPSA) is 127 Å². The van der Waals surface area contributed by atoms with E-state index in [1.807, 2.05) is 13.8 Å². The highest BCUT2D eigenvalue weighted by Crippen LogP contribution is 2.43. The van der Waals surface area contributed by atoms with Crippen LogP contribution < -0.4 is 10.6 Å². The molecule has 2 amide bonds. The maximum atomic E-state index is 14.0. The summed E-state index contributed by atoms with van der Waals surface area (Å²) in [5, 5.41) is 17.6. The average molecular weight is 580 g/mol. The van der Waals surface area contributed by atoms with E-state index in [9.17, 15) is 27.2 Å². The van der Waals surface area contributed by atoms with Gasteiger partial charge >= 0.3 is 0 Å². The lowest BCUT2D eigenvalue weighted by Gasteiger charge is -2.33. The van der Waals surface area contributed by atoms with Gasteiger partial charge in [0, 0.05) is 18.8 Å². The van der Waals surface area contributed by atoms with Gasteiger partial charge in [-0.05, 0) is 61.2 Å². The first-order chi connectivity index (χ1) is 19.3. The van der Waals surface area contributed by atoms with Gasteiger partial charge in [0.05, 0.1) is 36.6 Å².